The number of carbonyl (C=O) groups is 1. The number of allylic oxidation sites excluding steroid dienone is 1. The molecule has 4 aromatic rings. The van der Waals surface area contributed by atoms with Gasteiger partial charge < -0.3 is 0 Å². The van der Waals surface area contributed by atoms with Crippen LogP contribution in [0, 0.1) is 11.8 Å². The van der Waals surface area contributed by atoms with E-state index in [4.69, 9.17) is 39.9 Å². The van der Waals surface area contributed by atoms with Gasteiger partial charge in [0.15, 0.2) is 0 Å². The van der Waals surface area contributed by atoms with Crippen LogP contribution in [-0.4, -0.2) is 25.0 Å². The van der Waals surface area contributed by atoms with E-state index < -0.39 is 22.0 Å². The Labute approximate surface area is 272 Å². The lowest BCUT2D eigenvalue weighted by molar-refractivity contribution is 0.0676. The number of nitrogens with zero attached hydrogens (tertiary/aromatic N) is 2. The van der Waals surface area contributed by atoms with Crippen molar-refractivity contribution in [3.8, 4) is 0 Å². The van der Waals surface area contributed by atoms with Crippen molar-refractivity contribution in [2.24, 2.45) is 16.9 Å². The summed E-state index contributed by atoms with van der Waals surface area (Å²) in [6, 6.07) is 27.0. The van der Waals surface area contributed by atoms with Crippen LogP contribution in [0.15, 0.2) is 113 Å². The summed E-state index contributed by atoms with van der Waals surface area (Å²) in [4.78, 5) is 14.2. The smallest absolute Gasteiger partial charge is 0.274 e. The normalized spacial score (nSPS) is 20.7. The number of fused-ring (bicyclic) bond motifs is 1. The van der Waals surface area contributed by atoms with Gasteiger partial charge in [0.1, 0.15) is 0 Å². The van der Waals surface area contributed by atoms with Gasteiger partial charge in [-0.05, 0) is 108 Å². The van der Waals surface area contributed by atoms with Gasteiger partial charge in [-0.1, -0.05) is 72.1 Å². The number of anilines is 1. The van der Waals surface area contributed by atoms with Crippen molar-refractivity contribution in [3.63, 3.8) is 0 Å². The molecule has 1 fully saturated rings. The fraction of sp³-hybridized carbons (Fsp3) is 0.176. The van der Waals surface area contributed by atoms with Gasteiger partial charge in [0.2, 0.25) is 0 Å². The summed E-state index contributed by atoms with van der Waals surface area (Å²) in [7, 11) is -3.98. The molecule has 4 aromatic carbocycles. The third-order valence-corrected chi connectivity index (χ3v) is 10.0. The van der Waals surface area contributed by atoms with E-state index in [2.05, 4.69) is 17.7 Å². The molecule has 2 aliphatic rings. The minimum Gasteiger partial charge on any atom is -0.280 e. The maximum atomic E-state index is 14.2. The van der Waals surface area contributed by atoms with E-state index in [9.17, 15) is 13.2 Å². The molecule has 0 bridgehead atoms. The highest BCUT2D eigenvalue weighted by molar-refractivity contribution is 7.92. The number of rotatable bonds is 6. The number of hydrogen-bond donors (Lipinski definition) is 1. The van der Waals surface area contributed by atoms with Gasteiger partial charge in [0.05, 0.1) is 16.6 Å². The second-order valence-corrected chi connectivity index (χ2v) is 14.1. The zero-order chi connectivity index (χ0) is 31.0. The Morgan fingerprint density at radius 2 is 1.50 bits per heavy atom. The molecule has 0 aromatic heterocycles. The van der Waals surface area contributed by atoms with E-state index in [0.29, 0.717) is 26.7 Å². The quantitative estimate of drug-likeness (QED) is 0.223. The topological polar surface area (TPSA) is 78.8 Å². The molecular weight excluding hydrogens is 637 g/mol. The number of benzene rings is 4. The Morgan fingerprint density at radius 1 is 0.886 bits per heavy atom. The van der Waals surface area contributed by atoms with Crippen LogP contribution in [0.5, 0.6) is 0 Å². The van der Waals surface area contributed by atoms with Gasteiger partial charge in [0.25, 0.3) is 15.9 Å². The highest BCUT2D eigenvalue weighted by Gasteiger charge is 2.45. The molecule has 0 spiro atoms. The summed E-state index contributed by atoms with van der Waals surface area (Å²) < 4.78 is 29.1. The summed E-state index contributed by atoms with van der Waals surface area (Å²) >= 11 is 18.3. The molecule has 44 heavy (non-hydrogen) atoms. The molecule has 0 saturated heterocycles. The molecule has 3 unspecified atom stereocenters. The highest BCUT2D eigenvalue weighted by Crippen LogP contribution is 2.46. The van der Waals surface area contributed by atoms with Crippen molar-refractivity contribution in [1.82, 2.24) is 5.01 Å². The van der Waals surface area contributed by atoms with E-state index in [1.807, 2.05) is 48.5 Å². The number of halogens is 3. The number of hydrogen-bond acceptors (Lipinski definition) is 4. The second-order valence-electron chi connectivity index (χ2n) is 11.1. The number of carbonyl (C=O) groups excluding carboxylic acids is 1. The largest absolute Gasteiger partial charge is 0.280 e. The third-order valence-electron chi connectivity index (χ3n) is 7.88. The number of amides is 1. The van der Waals surface area contributed by atoms with E-state index in [1.165, 1.54) is 17.1 Å². The van der Waals surface area contributed by atoms with Gasteiger partial charge in [-0.15, -0.1) is 0 Å². The Kier molecular flexibility index (Phi) is 8.57. The highest BCUT2D eigenvalue weighted by atomic mass is 35.5. The first kappa shape index (κ1) is 30.4. The van der Waals surface area contributed by atoms with E-state index in [1.54, 1.807) is 36.4 Å². The zero-order valence-corrected chi connectivity index (χ0v) is 26.7. The van der Waals surface area contributed by atoms with Crippen molar-refractivity contribution in [2.75, 3.05) is 4.72 Å². The molecule has 3 atom stereocenters. The molecule has 6 rings (SSSR count). The van der Waals surface area contributed by atoms with Crippen LogP contribution in [0.4, 0.5) is 5.69 Å². The average molecular weight is 665 g/mol. The second kappa shape index (κ2) is 12.4. The molecule has 1 aliphatic carbocycles. The third kappa shape index (κ3) is 6.42. The van der Waals surface area contributed by atoms with E-state index >= 15 is 0 Å². The fourth-order valence-electron chi connectivity index (χ4n) is 5.87. The lowest BCUT2D eigenvalue weighted by atomic mass is 9.73. The first-order chi connectivity index (χ1) is 21.1. The maximum Gasteiger partial charge on any atom is 0.274 e. The van der Waals surface area contributed by atoms with Crippen LogP contribution in [0.3, 0.4) is 0 Å². The van der Waals surface area contributed by atoms with Crippen molar-refractivity contribution >= 4 is 68.2 Å². The fourth-order valence-corrected chi connectivity index (χ4v) is 7.35. The van der Waals surface area contributed by atoms with Crippen LogP contribution in [0.1, 0.15) is 47.3 Å². The van der Waals surface area contributed by atoms with E-state index in [0.717, 1.165) is 35.3 Å². The Hall–Kier alpha value is -3.62. The minimum absolute atomic E-state index is 0.0393. The van der Waals surface area contributed by atoms with Crippen LogP contribution in [0.25, 0.3) is 6.08 Å². The monoisotopic (exact) mass is 663 g/mol. The molecule has 10 heteroatoms. The summed E-state index contributed by atoms with van der Waals surface area (Å²) in [6.07, 6.45) is 3.77. The molecule has 1 amide bonds. The van der Waals surface area contributed by atoms with Crippen molar-refractivity contribution in [2.45, 2.75) is 30.7 Å². The standard InChI is InChI=1S/C34H28Cl3N3O3S/c1-21-17-25(19-22-5-9-26(35)10-6-22)32-31(18-21)33(23-7-11-27(36)12-8-23)40(38-32)34(41)24-3-2-4-30(20-24)44(42,43)39-29-15-13-28(37)14-16-29/h2-16,19-21,31,33,39H,17-18H2,1H3. The summed E-state index contributed by atoms with van der Waals surface area (Å²) in [5.74, 6) is -0.0930. The summed E-state index contributed by atoms with van der Waals surface area (Å²) in [6.45, 7) is 2.21. The van der Waals surface area contributed by atoms with E-state index in [-0.39, 0.29) is 16.4 Å². The molecule has 6 nitrogen and oxygen atoms in total. The number of nitrogens with one attached hydrogen (secondary N) is 1. The molecule has 1 aliphatic heterocycles. The van der Waals surface area contributed by atoms with Gasteiger partial charge in [-0.2, -0.15) is 5.10 Å². The SMILES string of the molecule is CC1CC(=Cc2ccc(Cl)cc2)C2=NN(C(=O)c3cccc(S(=O)(=O)Nc4ccc(Cl)cc4)c3)C(c3ccc(Cl)cc3)C2C1. The Balaban J connectivity index is 1.38. The molecular formula is C34H28Cl3N3O3S. The predicted molar refractivity (Wildman–Crippen MR) is 178 cm³/mol. The summed E-state index contributed by atoms with van der Waals surface area (Å²) in [5.41, 5.74) is 4.40. The van der Waals surface area contributed by atoms with Crippen LogP contribution >= 0.6 is 34.8 Å². The molecule has 224 valence electrons. The first-order valence-electron chi connectivity index (χ1n) is 14.1. The molecule has 0 radical (unpaired) electrons. The van der Waals surface area contributed by atoms with Gasteiger partial charge in [-0.25, -0.2) is 13.4 Å². The molecule has 1 saturated carbocycles. The first-order valence-corrected chi connectivity index (χ1v) is 16.7. The lowest BCUT2D eigenvalue weighted by Crippen LogP contribution is -2.33. The minimum atomic E-state index is -3.98. The van der Waals surface area contributed by atoms with Crippen molar-refractivity contribution in [3.05, 3.63) is 134 Å². The van der Waals surface area contributed by atoms with Gasteiger partial charge >= 0.3 is 0 Å². The molecule has 1 heterocycles. The maximum absolute atomic E-state index is 14.2. The number of sulfonamides is 1. The Bertz CT molecular complexity index is 1870. The lowest BCUT2D eigenvalue weighted by Gasteiger charge is -2.32. The van der Waals surface area contributed by atoms with Crippen molar-refractivity contribution in [1.29, 1.82) is 0 Å². The Morgan fingerprint density at radius 3 is 2.16 bits per heavy atom. The van der Waals surface area contributed by atoms with Crippen LogP contribution in [0.2, 0.25) is 15.1 Å². The van der Waals surface area contributed by atoms with Gasteiger partial charge in [-0.3, -0.25) is 9.52 Å². The zero-order valence-electron chi connectivity index (χ0n) is 23.6. The van der Waals surface area contributed by atoms with Crippen molar-refractivity contribution < 1.29 is 13.2 Å². The summed E-state index contributed by atoms with van der Waals surface area (Å²) in [5, 5.41) is 8.21. The number of hydrazone groups is 1. The van der Waals surface area contributed by atoms with Crippen LogP contribution < -0.4 is 4.72 Å². The average Bonchev–Trinajstić information content (AvgIpc) is 3.39. The van der Waals surface area contributed by atoms with Gasteiger partial charge in [0, 0.05) is 32.2 Å². The van der Waals surface area contributed by atoms with Crippen LogP contribution in [-0.2, 0) is 10.0 Å². The predicted octanol–water partition coefficient (Wildman–Crippen LogP) is 9.13. The molecule has 1 N–H and O–H groups in total.